The molecule has 9 nitrogen and oxygen atoms in total. The standard InChI is InChI=1S/C22H26N4O5S/c27-20(15-17-7-3-1-4-8-17)23-16-21(28)24-25-22(29)18-9-11-19(12-10-18)32(30,31)26-13-5-2-6-14-26/h1,3-4,7-12H,2,5-6,13-16H2,(H,23,27)(H,24,28)(H,25,29). The number of amides is 3. The van der Waals surface area contributed by atoms with Gasteiger partial charge in [-0.1, -0.05) is 36.8 Å². The summed E-state index contributed by atoms with van der Waals surface area (Å²) < 4.78 is 26.8. The van der Waals surface area contributed by atoms with Crippen molar-refractivity contribution in [2.24, 2.45) is 0 Å². The van der Waals surface area contributed by atoms with Crippen molar-refractivity contribution in [3.63, 3.8) is 0 Å². The van der Waals surface area contributed by atoms with Gasteiger partial charge < -0.3 is 5.32 Å². The molecule has 1 aliphatic rings. The van der Waals surface area contributed by atoms with E-state index in [9.17, 15) is 22.8 Å². The molecule has 3 amide bonds. The van der Waals surface area contributed by atoms with Crippen LogP contribution < -0.4 is 16.2 Å². The van der Waals surface area contributed by atoms with Gasteiger partial charge in [-0.25, -0.2) is 8.42 Å². The van der Waals surface area contributed by atoms with E-state index in [-0.39, 0.29) is 29.3 Å². The van der Waals surface area contributed by atoms with E-state index >= 15 is 0 Å². The van der Waals surface area contributed by atoms with Crippen molar-refractivity contribution in [1.29, 1.82) is 0 Å². The lowest BCUT2D eigenvalue weighted by molar-refractivity contribution is -0.126. The predicted octanol–water partition coefficient (Wildman–Crippen LogP) is 0.981. The molecule has 1 saturated heterocycles. The zero-order valence-corrected chi connectivity index (χ0v) is 18.4. The van der Waals surface area contributed by atoms with E-state index in [1.54, 1.807) is 0 Å². The van der Waals surface area contributed by atoms with E-state index in [1.807, 2.05) is 30.3 Å². The topological polar surface area (TPSA) is 125 Å². The van der Waals surface area contributed by atoms with Crippen molar-refractivity contribution in [3.05, 3.63) is 65.7 Å². The first-order valence-electron chi connectivity index (χ1n) is 10.4. The summed E-state index contributed by atoms with van der Waals surface area (Å²) in [4.78, 5) is 36.1. The molecule has 10 heteroatoms. The number of sulfonamides is 1. The average Bonchev–Trinajstić information content (AvgIpc) is 2.82. The maximum absolute atomic E-state index is 12.7. The number of nitrogens with one attached hydrogen (secondary N) is 3. The quantitative estimate of drug-likeness (QED) is 0.534. The number of hydrogen-bond donors (Lipinski definition) is 3. The molecule has 0 radical (unpaired) electrons. The zero-order chi connectivity index (χ0) is 23.0. The van der Waals surface area contributed by atoms with Gasteiger partial charge in [0, 0.05) is 18.7 Å². The number of hydrazine groups is 1. The second kappa shape index (κ2) is 10.9. The number of nitrogens with zero attached hydrogens (tertiary/aromatic N) is 1. The fourth-order valence-corrected chi connectivity index (χ4v) is 4.82. The number of rotatable bonds is 7. The number of carbonyl (C=O) groups excluding carboxylic acids is 3. The Morgan fingerprint density at radius 3 is 2.12 bits per heavy atom. The van der Waals surface area contributed by atoms with Gasteiger partial charge in [0.25, 0.3) is 11.8 Å². The van der Waals surface area contributed by atoms with Crippen LogP contribution in [0, 0.1) is 0 Å². The van der Waals surface area contributed by atoms with E-state index in [2.05, 4.69) is 16.2 Å². The highest BCUT2D eigenvalue weighted by Crippen LogP contribution is 2.20. The molecule has 2 aromatic rings. The Labute approximate surface area is 187 Å². The molecule has 1 fully saturated rings. The van der Waals surface area contributed by atoms with Crippen LogP contribution in [0.25, 0.3) is 0 Å². The molecule has 32 heavy (non-hydrogen) atoms. The van der Waals surface area contributed by atoms with Gasteiger partial charge in [0.15, 0.2) is 0 Å². The van der Waals surface area contributed by atoms with Crippen molar-refractivity contribution in [3.8, 4) is 0 Å². The fourth-order valence-electron chi connectivity index (χ4n) is 3.30. The minimum Gasteiger partial charge on any atom is -0.347 e. The monoisotopic (exact) mass is 458 g/mol. The summed E-state index contributed by atoms with van der Waals surface area (Å²) in [6, 6.07) is 14.6. The van der Waals surface area contributed by atoms with Crippen LogP contribution in [0.15, 0.2) is 59.5 Å². The number of hydrogen-bond acceptors (Lipinski definition) is 5. The Morgan fingerprint density at radius 1 is 0.812 bits per heavy atom. The van der Waals surface area contributed by atoms with Gasteiger partial charge >= 0.3 is 0 Å². The summed E-state index contributed by atoms with van der Waals surface area (Å²) in [5, 5.41) is 2.48. The third-order valence-electron chi connectivity index (χ3n) is 5.04. The van der Waals surface area contributed by atoms with Gasteiger partial charge in [0.2, 0.25) is 15.9 Å². The Kier molecular flexibility index (Phi) is 7.96. The normalized spacial score (nSPS) is 14.4. The predicted molar refractivity (Wildman–Crippen MR) is 118 cm³/mol. The summed E-state index contributed by atoms with van der Waals surface area (Å²) in [5.74, 6) is -1.51. The minimum atomic E-state index is -3.58. The SMILES string of the molecule is O=C(Cc1ccccc1)NCC(=O)NNC(=O)c1ccc(S(=O)(=O)N2CCCCC2)cc1. The Hall–Kier alpha value is -3.24. The van der Waals surface area contributed by atoms with Gasteiger partial charge in [0.05, 0.1) is 17.9 Å². The largest absolute Gasteiger partial charge is 0.347 e. The molecule has 2 aromatic carbocycles. The number of benzene rings is 2. The fraction of sp³-hybridized carbons (Fsp3) is 0.318. The van der Waals surface area contributed by atoms with E-state index in [4.69, 9.17) is 0 Å². The van der Waals surface area contributed by atoms with E-state index in [1.165, 1.54) is 28.6 Å². The highest BCUT2D eigenvalue weighted by molar-refractivity contribution is 7.89. The third-order valence-corrected chi connectivity index (χ3v) is 6.95. The van der Waals surface area contributed by atoms with Crippen LogP contribution in [0.1, 0.15) is 35.2 Å². The lowest BCUT2D eigenvalue weighted by Gasteiger charge is -2.25. The molecule has 0 bridgehead atoms. The van der Waals surface area contributed by atoms with Gasteiger partial charge in [-0.15, -0.1) is 0 Å². The van der Waals surface area contributed by atoms with E-state index in [0.717, 1.165) is 24.8 Å². The summed E-state index contributed by atoms with van der Waals surface area (Å²) >= 11 is 0. The highest BCUT2D eigenvalue weighted by atomic mass is 32.2. The first kappa shape index (κ1) is 23.4. The molecule has 3 N–H and O–H groups in total. The van der Waals surface area contributed by atoms with E-state index in [0.29, 0.717) is 13.1 Å². The molecular formula is C22H26N4O5S. The van der Waals surface area contributed by atoms with Crippen LogP contribution in [0.2, 0.25) is 0 Å². The molecule has 0 saturated carbocycles. The molecule has 0 spiro atoms. The lowest BCUT2D eigenvalue weighted by atomic mass is 10.1. The molecule has 0 aliphatic carbocycles. The molecule has 1 heterocycles. The maximum Gasteiger partial charge on any atom is 0.269 e. The van der Waals surface area contributed by atoms with Gasteiger partial charge in [-0.3, -0.25) is 25.2 Å². The van der Waals surface area contributed by atoms with Crippen molar-refractivity contribution in [2.45, 2.75) is 30.6 Å². The molecule has 1 aliphatic heterocycles. The lowest BCUT2D eigenvalue weighted by Crippen LogP contribution is -2.46. The number of carbonyl (C=O) groups is 3. The minimum absolute atomic E-state index is 0.126. The van der Waals surface area contributed by atoms with Gasteiger partial charge in [-0.05, 0) is 42.7 Å². The first-order valence-corrected chi connectivity index (χ1v) is 11.8. The average molecular weight is 459 g/mol. The molecule has 170 valence electrons. The summed E-state index contributed by atoms with van der Waals surface area (Å²) in [5.41, 5.74) is 5.48. The first-order chi connectivity index (χ1) is 15.4. The summed E-state index contributed by atoms with van der Waals surface area (Å²) in [6.45, 7) is 0.704. The molecule has 0 atom stereocenters. The summed E-state index contributed by atoms with van der Waals surface area (Å²) in [7, 11) is -3.58. The molecule has 0 aromatic heterocycles. The van der Waals surface area contributed by atoms with Crippen LogP contribution in [-0.4, -0.2) is 50.1 Å². The van der Waals surface area contributed by atoms with Crippen LogP contribution in [-0.2, 0) is 26.0 Å². The molecular weight excluding hydrogens is 432 g/mol. The Morgan fingerprint density at radius 2 is 1.47 bits per heavy atom. The van der Waals surface area contributed by atoms with Crippen molar-refractivity contribution in [1.82, 2.24) is 20.5 Å². The second-order valence-electron chi connectivity index (χ2n) is 7.43. The van der Waals surface area contributed by atoms with E-state index < -0.39 is 21.8 Å². The van der Waals surface area contributed by atoms with Crippen LogP contribution in [0.3, 0.4) is 0 Å². The third kappa shape index (κ3) is 6.38. The Bertz CT molecular complexity index is 1050. The van der Waals surface area contributed by atoms with Crippen LogP contribution >= 0.6 is 0 Å². The second-order valence-corrected chi connectivity index (χ2v) is 9.37. The highest BCUT2D eigenvalue weighted by Gasteiger charge is 2.25. The van der Waals surface area contributed by atoms with Crippen molar-refractivity contribution in [2.75, 3.05) is 19.6 Å². The van der Waals surface area contributed by atoms with Gasteiger partial charge in [0.1, 0.15) is 0 Å². The van der Waals surface area contributed by atoms with Crippen molar-refractivity contribution >= 4 is 27.7 Å². The summed E-state index contributed by atoms with van der Waals surface area (Å²) in [6.07, 6.45) is 2.85. The molecule has 3 rings (SSSR count). The van der Waals surface area contributed by atoms with Crippen molar-refractivity contribution < 1.29 is 22.8 Å². The van der Waals surface area contributed by atoms with Crippen LogP contribution in [0.4, 0.5) is 0 Å². The molecule has 0 unspecified atom stereocenters. The van der Waals surface area contributed by atoms with Gasteiger partial charge in [-0.2, -0.15) is 4.31 Å². The Balaban J connectivity index is 1.45. The smallest absolute Gasteiger partial charge is 0.269 e. The zero-order valence-electron chi connectivity index (χ0n) is 17.5. The number of piperidine rings is 1. The van der Waals surface area contributed by atoms with Crippen LogP contribution in [0.5, 0.6) is 0 Å². The maximum atomic E-state index is 12.7.